The molecule has 0 radical (unpaired) electrons. The van der Waals surface area contributed by atoms with Crippen molar-refractivity contribution in [3.8, 4) is 0 Å². The SMILES string of the molecule is CCN(CC1CCCS1)C(=O)C1CC2CC(OC)CCC2O1. The molecule has 126 valence electrons. The Morgan fingerprint density at radius 2 is 2.18 bits per heavy atom. The van der Waals surface area contributed by atoms with Crippen molar-refractivity contribution in [1.29, 1.82) is 0 Å². The predicted molar refractivity (Wildman–Crippen MR) is 89.2 cm³/mol. The highest BCUT2D eigenvalue weighted by atomic mass is 32.2. The molecule has 3 rings (SSSR count). The van der Waals surface area contributed by atoms with Crippen LogP contribution < -0.4 is 0 Å². The van der Waals surface area contributed by atoms with Crippen molar-refractivity contribution < 1.29 is 14.3 Å². The smallest absolute Gasteiger partial charge is 0.251 e. The largest absolute Gasteiger partial charge is 0.381 e. The van der Waals surface area contributed by atoms with Crippen molar-refractivity contribution >= 4 is 17.7 Å². The fourth-order valence-electron chi connectivity index (χ4n) is 4.15. The van der Waals surface area contributed by atoms with E-state index in [4.69, 9.17) is 9.47 Å². The molecule has 0 bridgehead atoms. The molecule has 1 aliphatic carbocycles. The minimum atomic E-state index is -0.211. The van der Waals surface area contributed by atoms with Crippen LogP contribution in [-0.4, -0.2) is 60.3 Å². The van der Waals surface area contributed by atoms with Crippen molar-refractivity contribution in [2.45, 2.75) is 69.0 Å². The monoisotopic (exact) mass is 327 g/mol. The highest BCUT2D eigenvalue weighted by Gasteiger charge is 2.43. The summed E-state index contributed by atoms with van der Waals surface area (Å²) in [6, 6.07) is 0. The highest BCUT2D eigenvalue weighted by molar-refractivity contribution is 8.00. The standard InChI is InChI=1S/C17H29NO3S/c1-3-18(11-14-5-4-8-22-14)17(19)16-10-12-9-13(20-2)6-7-15(12)21-16/h12-16H,3-11H2,1-2H3. The third-order valence-electron chi connectivity index (χ3n) is 5.47. The summed E-state index contributed by atoms with van der Waals surface area (Å²) < 4.78 is 11.6. The van der Waals surface area contributed by atoms with E-state index in [1.54, 1.807) is 7.11 Å². The third-order valence-corrected chi connectivity index (χ3v) is 6.85. The van der Waals surface area contributed by atoms with E-state index in [-0.39, 0.29) is 18.1 Å². The first kappa shape index (κ1) is 16.6. The fourth-order valence-corrected chi connectivity index (χ4v) is 5.43. The molecule has 1 saturated carbocycles. The Morgan fingerprint density at radius 1 is 1.32 bits per heavy atom. The van der Waals surface area contributed by atoms with Gasteiger partial charge in [-0.1, -0.05) is 0 Å². The molecule has 5 atom stereocenters. The molecule has 0 aromatic heterocycles. The minimum Gasteiger partial charge on any atom is -0.381 e. The number of ether oxygens (including phenoxy) is 2. The Labute approximate surface area is 138 Å². The summed E-state index contributed by atoms with van der Waals surface area (Å²) in [5.41, 5.74) is 0. The van der Waals surface area contributed by atoms with E-state index >= 15 is 0 Å². The average Bonchev–Trinajstić information content (AvgIpc) is 3.20. The normalized spacial score (nSPS) is 38.0. The summed E-state index contributed by atoms with van der Waals surface area (Å²) in [7, 11) is 1.79. The van der Waals surface area contributed by atoms with Gasteiger partial charge in [-0.2, -0.15) is 11.8 Å². The molecule has 22 heavy (non-hydrogen) atoms. The van der Waals surface area contributed by atoms with Crippen molar-refractivity contribution in [2.24, 2.45) is 5.92 Å². The summed E-state index contributed by atoms with van der Waals surface area (Å²) in [6.45, 7) is 3.78. The van der Waals surface area contributed by atoms with Gasteiger partial charge >= 0.3 is 0 Å². The molecular formula is C17H29NO3S. The molecule has 4 nitrogen and oxygen atoms in total. The molecule has 3 fully saturated rings. The number of carbonyl (C=O) groups is 1. The third kappa shape index (κ3) is 3.62. The lowest BCUT2D eigenvalue weighted by molar-refractivity contribution is -0.143. The second-order valence-electron chi connectivity index (χ2n) is 6.84. The number of thioether (sulfide) groups is 1. The Morgan fingerprint density at radius 3 is 2.86 bits per heavy atom. The number of rotatable bonds is 5. The predicted octanol–water partition coefficient (Wildman–Crippen LogP) is 2.70. The van der Waals surface area contributed by atoms with Crippen molar-refractivity contribution in [3.63, 3.8) is 0 Å². The maximum Gasteiger partial charge on any atom is 0.251 e. The number of fused-ring (bicyclic) bond motifs is 1. The van der Waals surface area contributed by atoms with Crippen LogP contribution in [0, 0.1) is 5.92 Å². The molecule has 1 amide bonds. The maximum absolute atomic E-state index is 12.8. The van der Waals surface area contributed by atoms with Gasteiger partial charge in [0, 0.05) is 25.4 Å². The van der Waals surface area contributed by atoms with Crippen LogP contribution in [0.5, 0.6) is 0 Å². The van der Waals surface area contributed by atoms with Gasteiger partial charge in [0.1, 0.15) is 6.10 Å². The van der Waals surface area contributed by atoms with E-state index in [1.807, 2.05) is 16.7 Å². The van der Waals surface area contributed by atoms with Gasteiger partial charge in [0.25, 0.3) is 5.91 Å². The van der Waals surface area contributed by atoms with E-state index in [1.165, 1.54) is 18.6 Å². The molecule has 5 unspecified atom stereocenters. The van der Waals surface area contributed by atoms with Crippen molar-refractivity contribution in [2.75, 3.05) is 26.0 Å². The van der Waals surface area contributed by atoms with E-state index in [0.29, 0.717) is 17.3 Å². The lowest BCUT2D eigenvalue weighted by Crippen LogP contribution is -2.42. The van der Waals surface area contributed by atoms with Gasteiger partial charge in [-0.05, 0) is 57.1 Å². The van der Waals surface area contributed by atoms with Gasteiger partial charge in [-0.3, -0.25) is 4.79 Å². The zero-order chi connectivity index (χ0) is 15.5. The Kier molecular flexibility index (Phi) is 5.69. The van der Waals surface area contributed by atoms with Crippen LogP contribution in [0.15, 0.2) is 0 Å². The number of carbonyl (C=O) groups excluding carboxylic acids is 1. The van der Waals surface area contributed by atoms with Gasteiger partial charge in [-0.25, -0.2) is 0 Å². The van der Waals surface area contributed by atoms with Crippen LogP contribution in [0.2, 0.25) is 0 Å². The number of nitrogens with zero attached hydrogens (tertiary/aromatic N) is 1. The van der Waals surface area contributed by atoms with Crippen molar-refractivity contribution in [1.82, 2.24) is 4.90 Å². The highest BCUT2D eigenvalue weighted by Crippen LogP contribution is 2.39. The van der Waals surface area contributed by atoms with Gasteiger partial charge in [0.2, 0.25) is 0 Å². The Bertz CT molecular complexity index is 386. The summed E-state index contributed by atoms with van der Waals surface area (Å²) in [5.74, 6) is 1.98. The van der Waals surface area contributed by atoms with Crippen LogP contribution in [-0.2, 0) is 14.3 Å². The lowest BCUT2D eigenvalue weighted by atomic mass is 9.83. The first-order chi connectivity index (χ1) is 10.7. The molecule has 0 N–H and O–H groups in total. The Balaban J connectivity index is 1.55. The summed E-state index contributed by atoms with van der Waals surface area (Å²) >= 11 is 2.02. The molecule has 2 heterocycles. The molecular weight excluding hydrogens is 298 g/mol. The minimum absolute atomic E-state index is 0.211. The quantitative estimate of drug-likeness (QED) is 0.778. The molecule has 0 aromatic rings. The second-order valence-corrected chi connectivity index (χ2v) is 8.25. The van der Waals surface area contributed by atoms with E-state index in [2.05, 4.69) is 6.92 Å². The molecule has 0 spiro atoms. The molecule has 2 aliphatic heterocycles. The van der Waals surface area contributed by atoms with Crippen molar-refractivity contribution in [3.05, 3.63) is 0 Å². The topological polar surface area (TPSA) is 38.8 Å². The van der Waals surface area contributed by atoms with Gasteiger partial charge in [-0.15, -0.1) is 0 Å². The van der Waals surface area contributed by atoms with Crippen LogP contribution in [0.3, 0.4) is 0 Å². The van der Waals surface area contributed by atoms with Gasteiger partial charge in [0.15, 0.2) is 0 Å². The summed E-state index contributed by atoms with van der Waals surface area (Å²) in [6.07, 6.45) is 7.01. The lowest BCUT2D eigenvalue weighted by Gasteiger charge is -2.29. The van der Waals surface area contributed by atoms with Gasteiger partial charge in [0.05, 0.1) is 12.2 Å². The van der Waals surface area contributed by atoms with Crippen LogP contribution in [0.25, 0.3) is 0 Å². The maximum atomic E-state index is 12.8. The molecule has 0 aromatic carbocycles. The number of hydrogen-bond donors (Lipinski definition) is 0. The number of likely N-dealkylation sites (N-methyl/N-ethyl adjacent to an activating group) is 1. The number of methoxy groups -OCH3 is 1. The molecule has 2 saturated heterocycles. The van der Waals surface area contributed by atoms with E-state index in [0.717, 1.165) is 38.8 Å². The number of amides is 1. The second kappa shape index (κ2) is 7.54. The zero-order valence-electron chi connectivity index (χ0n) is 13.8. The van der Waals surface area contributed by atoms with Crippen LogP contribution >= 0.6 is 11.8 Å². The first-order valence-electron chi connectivity index (χ1n) is 8.80. The van der Waals surface area contributed by atoms with E-state index < -0.39 is 0 Å². The fraction of sp³-hybridized carbons (Fsp3) is 0.941. The summed E-state index contributed by atoms with van der Waals surface area (Å²) in [5, 5.41) is 0.630. The molecule has 3 aliphatic rings. The molecule has 5 heteroatoms. The Hall–Kier alpha value is -0.260. The van der Waals surface area contributed by atoms with E-state index in [9.17, 15) is 4.79 Å². The number of hydrogen-bond acceptors (Lipinski definition) is 4. The average molecular weight is 327 g/mol. The summed E-state index contributed by atoms with van der Waals surface area (Å²) in [4.78, 5) is 14.8. The van der Waals surface area contributed by atoms with Gasteiger partial charge < -0.3 is 14.4 Å². The van der Waals surface area contributed by atoms with Crippen LogP contribution in [0.4, 0.5) is 0 Å². The zero-order valence-corrected chi connectivity index (χ0v) is 14.6. The van der Waals surface area contributed by atoms with Crippen LogP contribution in [0.1, 0.15) is 45.4 Å². The first-order valence-corrected chi connectivity index (χ1v) is 9.84.